The number of ether oxygens (including phenoxy) is 1. The van der Waals surface area contributed by atoms with Crippen LogP contribution in [0.5, 0.6) is 5.75 Å². The highest BCUT2D eigenvalue weighted by Gasteiger charge is 2.47. The van der Waals surface area contributed by atoms with Gasteiger partial charge in [0.2, 0.25) is 0 Å². The van der Waals surface area contributed by atoms with Crippen LogP contribution in [0, 0.1) is 0 Å². The largest absolute Gasteiger partial charge is 0.506 e. The van der Waals surface area contributed by atoms with Crippen LogP contribution < -0.4 is 5.32 Å². The summed E-state index contributed by atoms with van der Waals surface area (Å²) in [6, 6.07) is 17.1. The van der Waals surface area contributed by atoms with E-state index >= 15 is 0 Å². The van der Waals surface area contributed by atoms with E-state index < -0.39 is 37.8 Å². The van der Waals surface area contributed by atoms with Crippen molar-refractivity contribution in [1.29, 1.82) is 0 Å². The van der Waals surface area contributed by atoms with E-state index in [2.05, 4.69) is 5.32 Å². The zero-order chi connectivity index (χ0) is 23.1. The van der Waals surface area contributed by atoms with E-state index in [-0.39, 0.29) is 12.5 Å². The van der Waals surface area contributed by atoms with Crippen LogP contribution in [0.1, 0.15) is 17.0 Å². The molecule has 3 aromatic carbocycles. The van der Waals surface area contributed by atoms with Gasteiger partial charge in [0.15, 0.2) is 0 Å². The SMILES string of the molecule is O=C(Nc1cc(S(=O)(=O)C(F)(F)F)ccc1O)OCC1c2ccccc2-c2ccccc21. The van der Waals surface area contributed by atoms with Crippen molar-refractivity contribution in [1.82, 2.24) is 0 Å². The van der Waals surface area contributed by atoms with Crippen molar-refractivity contribution < 1.29 is 36.2 Å². The van der Waals surface area contributed by atoms with Gasteiger partial charge in [-0.3, -0.25) is 5.32 Å². The molecule has 0 unspecified atom stereocenters. The summed E-state index contributed by atoms with van der Waals surface area (Å²) in [4.78, 5) is 11.2. The molecule has 32 heavy (non-hydrogen) atoms. The third-order valence-corrected chi connectivity index (χ3v) is 6.65. The maximum absolute atomic E-state index is 12.8. The number of carbonyl (C=O) groups is 1. The molecular formula is C22H16F3NO5S. The van der Waals surface area contributed by atoms with Gasteiger partial charge in [-0.2, -0.15) is 13.2 Å². The van der Waals surface area contributed by atoms with Crippen molar-refractivity contribution in [2.75, 3.05) is 11.9 Å². The molecule has 166 valence electrons. The number of sulfone groups is 1. The van der Waals surface area contributed by atoms with Crippen LogP contribution in [0.15, 0.2) is 71.6 Å². The van der Waals surface area contributed by atoms with Gasteiger partial charge < -0.3 is 9.84 Å². The van der Waals surface area contributed by atoms with Crippen molar-refractivity contribution in [2.24, 2.45) is 0 Å². The normalized spacial score (nSPS) is 13.3. The number of phenolic OH excluding ortho intramolecular Hbond substituents is 1. The second kappa shape index (κ2) is 7.86. The number of carbonyl (C=O) groups excluding carboxylic acids is 1. The van der Waals surface area contributed by atoms with E-state index in [0.717, 1.165) is 28.3 Å². The number of rotatable bonds is 4. The first-order valence-electron chi connectivity index (χ1n) is 9.36. The molecular weight excluding hydrogens is 447 g/mol. The highest BCUT2D eigenvalue weighted by atomic mass is 32.2. The van der Waals surface area contributed by atoms with E-state index in [0.29, 0.717) is 12.1 Å². The number of anilines is 1. The van der Waals surface area contributed by atoms with Gasteiger partial charge in [-0.25, -0.2) is 13.2 Å². The lowest BCUT2D eigenvalue weighted by atomic mass is 9.98. The molecule has 1 aliphatic carbocycles. The predicted octanol–water partition coefficient (Wildman–Crippen LogP) is 5.05. The zero-order valence-corrected chi connectivity index (χ0v) is 17.1. The predicted molar refractivity (Wildman–Crippen MR) is 110 cm³/mol. The van der Waals surface area contributed by atoms with Gasteiger partial charge in [0.25, 0.3) is 9.84 Å². The summed E-state index contributed by atoms with van der Waals surface area (Å²) >= 11 is 0. The van der Waals surface area contributed by atoms with Crippen molar-refractivity contribution in [3.63, 3.8) is 0 Å². The summed E-state index contributed by atoms with van der Waals surface area (Å²) in [6.45, 7) is -0.0683. The van der Waals surface area contributed by atoms with E-state index in [4.69, 9.17) is 4.74 Å². The zero-order valence-electron chi connectivity index (χ0n) is 16.3. The Morgan fingerprint density at radius 3 is 2.09 bits per heavy atom. The van der Waals surface area contributed by atoms with Crippen molar-refractivity contribution in [2.45, 2.75) is 16.3 Å². The van der Waals surface area contributed by atoms with Gasteiger partial charge >= 0.3 is 11.6 Å². The Balaban J connectivity index is 1.52. The minimum absolute atomic E-state index is 0.0683. The number of hydrogen-bond acceptors (Lipinski definition) is 5. The summed E-state index contributed by atoms with van der Waals surface area (Å²) < 4.78 is 66.8. The minimum atomic E-state index is -5.65. The first kappa shape index (κ1) is 21.7. The third kappa shape index (κ3) is 3.77. The molecule has 2 N–H and O–H groups in total. The Morgan fingerprint density at radius 1 is 0.969 bits per heavy atom. The molecule has 1 aliphatic rings. The molecule has 6 nitrogen and oxygen atoms in total. The monoisotopic (exact) mass is 463 g/mol. The molecule has 0 spiro atoms. The van der Waals surface area contributed by atoms with Crippen LogP contribution in [0.25, 0.3) is 11.1 Å². The fourth-order valence-electron chi connectivity index (χ4n) is 3.66. The smallest absolute Gasteiger partial charge is 0.501 e. The lowest BCUT2D eigenvalue weighted by Gasteiger charge is -2.15. The average molecular weight is 463 g/mol. The first-order chi connectivity index (χ1) is 15.1. The molecule has 1 amide bonds. The molecule has 0 saturated carbocycles. The number of fused-ring (bicyclic) bond motifs is 3. The highest BCUT2D eigenvalue weighted by Crippen LogP contribution is 2.44. The Kier molecular flexibility index (Phi) is 5.33. The number of aromatic hydroxyl groups is 1. The van der Waals surface area contributed by atoms with E-state index in [1.165, 1.54) is 0 Å². The third-order valence-electron chi connectivity index (χ3n) is 5.16. The van der Waals surface area contributed by atoms with Gasteiger partial charge in [0.1, 0.15) is 12.4 Å². The van der Waals surface area contributed by atoms with Gasteiger partial charge in [-0.15, -0.1) is 0 Å². The number of hydrogen-bond donors (Lipinski definition) is 2. The van der Waals surface area contributed by atoms with Crippen LogP contribution >= 0.6 is 0 Å². The number of phenols is 1. The van der Waals surface area contributed by atoms with Crippen LogP contribution in [-0.4, -0.2) is 31.7 Å². The highest BCUT2D eigenvalue weighted by molar-refractivity contribution is 7.92. The summed E-state index contributed by atoms with van der Waals surface area (Å²) in [6.07, 6.45) is -1.05. The fraction of sp³-hybridized carbons (Fsp3) is 0.136. The molecule has 4 rings (SSSR count). The van der Waals surface area contributed by atoms with Crippen LogP contribution in [0.4, 0.5) is 23.7 Å². The second-order valence-electron chi connectivity index (χ2n) is 7.08. The number of halogens is 3. The van der Waals surface area contributed by atoms with Crippen molar-refractivity contribution >= 4 is 21.6 Å². The molecule has 0 fully saturated rings. The maximum Gasteiger partial charge on any atom is 0.501 e. The van der Waals surface area contributed by atoms with Gasteiger partial charge in [-0.1, -0.05) is 48.5 Å². The van der Waals surface area contributed by atoms with Crippen LogP contribution in [0.3, 0.4) is 0 Å². The van der Waals surface area contributed by atoms with Crippen LogP contribution in [0.2, 0.25) is 0 Å². The fourth-order valence-corrected chi connectivity index (χ4v) is 4.45. The van der Waals surface area contributed by atoms with E-state index in [9.17, 15) is 31.5 Å². The quantitative estimate of drug-likeness (QED) is 0.529. The summed E-state index contributed by atoms with van der Waals surface area (Å²) in [5, 5.41) is 11.9. The summed E-state index contributed by atoms with van der Waals surface area (Å²) in [5.41, 5.74) is -2.09. The molecule has 0 atom stereocenters. The Labute approximate surface area is 181 Å². The molecule has 0 radical (unpaired) electrons. The lowest BCUT2D eigenvalue weighted by molar-refractivity contribution is -0.0436. The molecule has 10 heteroatoms. The standard InChI is InChI=1S/C22H16F3NO5S/c23-22(24,25)32(29,30)13-9-10-20(27)19(11-13)26-21(28)31-12-18-16-7-3-1-5-14(16)15-6-2-4-8-17(15)18/h1-11,18,27H,12H2,(H,26,28). The molecule has 0 saturated heterocycles. The summed E-state index contributed by atoms with van der Waals surface area (Å²) in [7, 11) is -5.65. The van der Waals surface area contributed by atoms with Gasteiger partial charge in [0.05, 0.1) is 10.6 Å². The Bertz CT molecular complexity index is 1260. The molecule has 0 aliphatic heterocycles. The number of amides is 1. The summed E-state index contributed by atoms with van der Waals surface area (Å²) in [5.74, 6) is -0.863. The topological polar surface area (TPSA) is 92.7 Å². The van der Waals surface area contributed by atoms with Gasteiger partial charge in [-0.05, 0) is 40.5 Å². The number of benzene rings is 3. The average Bonchev–Trinajstić information content (AvgIpc) is 3.07. The van der Waals surface area contributed by atoms with Crippen molar-refractivity contribution in [3.8, 4) is 16.9 Å². The van der Waals surface area contributed by atoms with E-state index in [1.807, 2.05) is 48.5 Å². The Hall–Kier alpha value is -3.53. The van der Waals surface area contributed by atoms with Gasteiger partial charge in [0, 0.05) is 5.92 Å². The first-order valence-corrected chi connectivity index (χ1v) is 10.8. The number of alkyl halides is 3. The molecule has 0 aromatic heterocycles. The second-order valence-corrected chi connectivity index (χ2v) is 9.02. The molecule has 3 aromatic rings. The number of nitrogens with one attached hydrogen (secondary N) is 1. The van der Waals surface area contributed by atoms with Crippen LogP contribution in [-0.2, 0) is 14.6 Å². The Morgan fingerprint density at radius 2 is 1.53 bits per heavy atom. The maximum atomic E-state index is 12.8. The minimum Gasteiger partial charge on any atom is -0.506 e. The molecule has 0 heterocycles. The van der Waals surface area contributed by atoms with E-state index in [1.54, 1.807) is 0 Å². The van der Waals surface area contributed by atoms with Crippen molar-refractivity contribution in [3.05, 3.63) is 77.9 Å². The lowest BCUT2D eigenvalue weighted by Crippen LogP contribution is -2.23. The molecule has 0 bridgehead atoms.